The number of aromatic nitrogens is 2. The van der Waals surface area contributed by atoms with Crippen LogP contribution in [0.2, 0.25) is 0 Å². The van der Waals surface area contributed by atoms with Crippen molar-refractivity contribution in [3.05, 3.63) is 36.7 Å². The van der Waals surface area contributed by atoms with Crippen LogP contribution in [-0.2, 0) is 16.1 Å². The maximum atomic E-state index is 11.3. The van der Waals surface area contributed by atoms with E-state index in [2.05, 4.69) is 5.10 Å². The van der Waals surface area contributed by atoms with Crippen molar-refractivity contribution < 1.29 is 9.53 Å². The fourth-order valence-corrected chi connectivity index (χ4v) is 1.75. The number of benzene rings is 1. The maximum Gasteiger partial charge on any atom is 0.307 e. The fraction of sp³-hybridized carbons (Fsp3) is 0.286. The Kier molecular flexibility index (Phi) is 4.18. The molecule has 0 radical (unpaired) electrons. The van der Waals surface area contributed by atoms with Crippen molar-refractivity contribution in [1.29, 1.82) is 0 Å². The smallest absolute Gasteiger partial charge is 0.307 e. The van der Waals surface area contributed by atoms with Gasteiger partial charge in [0, 0.05) is 17.4 Å². The molecule has 2 rings (SSSR count). The van der Waals surface area contributed by atoms with Gasteiger partial charge in [0.2, 0.25) is 0 Å². The van der Waals surface area contributed by atoms with Crippen LogP contribution in [0.15, 0.2) is 36.7 Å². The summed E-state index contributed by atoms with van der Waals surface area (Å²) < 4.78 is 6.61. The van der Waals surface area contributed by atoms with Gasteiger partial charge in [-0.05, 0) is 24.6 Å². The fourth-order valence-electron chi connectivity index (χ4n) is 1.75. The number of hydrogen-bond acceptors (Lipinski definition) is 4. The molecule has 0 saturated heterocycles. The van der Waals surface area contributed by atoms with Crippen molar-refractivity contribution in [3.8, 4) is 11.1 Å². The summed E-state index contributed by atoms with van der Waals surface area (Å²) in [6.07, 6.45) is 4.01. The summed E-state index contributed by atoms with van der Waals surface area (Å²) in [5, 5.41) is 4.22. The molecule has 0 amide bonds. The van der Waals surface area contributed by atoms with Crippen molar-refractivity contribution in [1.82, 2.24) is 9.78 Å². The molecule has 0 atom stereocenters. The third-order valence-corrected chi connectivity index (χ3v) is 2.73. The predicted molar refractivity (Wildman–Crippen MR) is 73.3 cm³/mol. The Labute approximate surface area is 112 Å². The van der Waals surface area contributed by atoms with E-state index >= 15 is 0 Å². The van der Waals surface area contributed by atoms with Crippen LogP contribution in [0.4, 0.5) is 5.69 Å². The van der Waals surface area contributed by atoms with Gasteiger partial charge in [-0.2, -0.15) is 5.10 Å². The molecule has 5 nitrogen and oxygen atoms in total. The number of carbonyl (C=O) groups is 1. The van der Waals surface area contributed by atoms with Gasteiger partial charge in [0.15, 0.2) is 0 Å². The molecule has 100 valence electrons. The lowest BCUT2D eigenvalue weighted by atomic mass is 10.1. The SMILES string of the molecule is CCOC(=O)CCn1cc(-c2ccc(N)cc2)cn1. The van der Waals surface area contributed by atoms with E-state index in [0.29, 0.717) is 19.6 Å². The van der Waals surface area contributed by atoms with Crippen molar-refractivity contribution in [2.24, 2.45) is 0 Å². The molecular weight excluding hydrogens is 242 g/mol. The van der Waals surface area contributed by atoms with Crippen molar-refractivity contribution >= 4 is 11.7 Å². The second kappa shape index (κ2) is 6.04. The average molecular weight is 259 g/mol. The van der Waals surface area contributed by atoms with Gasteiger partial charge in [0.25, 0.3) is 0 Å². The Hall–Kier alpha value is -2.30. The maximum absolute atomic E-state index is 11.3. The molecular formula is C14H17N3O2. The molecule has 0 aliphatic carbocycles. The van der Waals surface area contributed by atoms with Crippen LogP contribution in [0.5, 0.6) is 0 Å². The molecule has 1 aromatic heterocycles. The first-order valence-electron chi connectivity index (χ1n) is 6.23. The zero-order valence-corrected chi connectivity index (χ0v) is 10.9. The first-order valence-corrected chi connectivity index (χ1v) is 6.23. The monoisotopic (exact) mass is 259 g/mol. The molecule has 2 N–H and O–H groups in total. The Morgan fingerprint density at radius 2 is 2.05 bits per heavy atom. The van der Waals surface area contributed by atoms with Crippen molar-refractivity contribution in [2.45, 2.75) is 19.9 Å². The van der Waals surface area contributed by atoms with Crippen LogP contribution >= 0.6 is 0 Å². The molecule has 0 bridgehead atoms. The van der Waals surface area contributed by atoms with Crippen LogP contribution in [0.3, 0.4) is 0 Å². The molecule has 0 fully saturated rings. The number of nitrogens with zero attached hydrogens (tertiary/aromatic N) is 2. The molecule has 0 aliphatic rings. The number of rotatable bonds is 5. The topological polar surface area (TPSA) is 70.1 Å². The van der Waals surface area contributed by atoms with E-state index in [1.54, 1.807) is 17.8 Å². The van der Waals surface area contributed by atoms with E-state index < -0.39 is 0 Å². The van der Waals surface area contributed by atoms with Gasteiger partial charge < -0.3 is 10.5 Å². The number of aryl methyl sites for hydroxylation is 1. The highest BCUT2D eigenvalue weighted by molar-refractivity contribution is 5.69. The predicted octanol–water partition coefficient (Wildman–Crippen LogP) is 2.09. The number of nitrogen functional groups attached to an aromatic ring is 1. The summed E-state index contributed by atoms with van der Waals surface area (Å²) in [6, 6.07) is 7.60. The van der Waals surface area contributed by atoms with Gasteiger partial charge in [0.1, 0.15) is 0 Å². The summed E-state index contributed by atoms with van der Waals surface area (Å²) in [7, 11) is 0. The van der Waals surface area contributed by atoms with Gasteiger partial charge in [0.05, 0.1) is 25.8 Å². The van der Waals surface area contributed by atoms with Gasteiger partial charge in [-0.15, -0.1) is 0 Å². The number of nitrogens with two attached hydrogens (primary N) is 1. The summed E-state index contributed by atoms with van der Waals surface area (Å²) in [4.78, 5) is 11.3. The zero-order valence-electron chi connectivity index (χ0n) is 10.9. The zero-order chi connectivity index (χ0) is 13.7. The van der Waals surface area contributed by atoms with Gasteiger partial charge >= 0.3 is 5.97 Å². The Balaban J connectivity index is 1.99. The normalized spacial score (nSPS) is 10.4. The van der Waals surface area contributed by atoms with Crippen LogP contribution in [0, 0.1) is 0 Å². The first kappa shape index (κ1) is 13.1. The number of carbonyl (C=O) groups excluding carboxylic acids is 1. The molecule has 5 heteroatoms. The second-order valence-electron chi connectivity index (χ2n) is 4.17. The summed E-state index contributed by atoms with van der Waals surface area (Å²) >= 11 is 0. The summed E-state index contributed by atoms with van der Waals surface area (Å²) in [5.41, 5.74) is 8.44. The molecule has 0 saturated carbocycles. The van der Waals surface area contributed by atoms with E-state index in [-0.39, 0.29) is 5.97 Å². The minimum atomic E-state index is -0.202. The minimum Gasteiger partial charge on any atom is -0.466 e. The van der Waals surface area contributed by atoms with Crippen LogP contribution < -0.4 is 5.73 Å². The van der Waals surface area contributed by atoms with Crippen molar-refractivity contribution in [2.75, 3.05) is 12.3 Å². The molecule has 2 aromatic rings. The molecule has 19 heavy (non-hydrogen) atoms. The largest absolute Gasteiger partial charge is 0.466 e. The number of ether oxygens (including phenoxy) is 1. The number of hydrogen-bond donors (Lipinski definition) is 1. The highest BCUT2D eigenvalue weighted by Crippen LogP contribution is 2.19. The van der Waals surface area contributed by atoms with Gasteiger partial charge in [-0.25, -0.2) is 0 Å². The highest BCUT2D eigenvalue weighted by Gasteiger charge is 2.05. The van der Waals surface area contributed by atoms with Crippen LogP contribution in [-0.4, -0.2) is 22.4 Å². The first-order chi connectivity index (χ1) is 9.19. The second-order valence-corrected chi connectivity index (χ2v) is 4.17. The highest BCUT2D eigenvalue weighted by atomic mass is 16.5. The van der Waals surface area contributed by atoms with E-state index in [0.717, 1.165) is 16.8 Å². The average Bonchev–Trinajstić information content (AvgIpc) is 2.86. The molecule has 1 aromatic carbocycles. The van der Waals surface area contributed by atoms with E-state index in [1.165, 1.54) is 0 Å². The molecule has 1 heterocycles. The van der Waals surface area contributed by atoms with E-state index in [9.17, 15) is 4.79 Å². The van der Waals surface area contributed by atoms with Crippen LogP contribution in [0.1, 0.15) is 13.3 Å². The Morgan fingerprint density at radius 3 is 2.74 bits per heavy atom. The third kappa shape index (κ3) is 3.58. The van der Waals surface area contributed by atoms with Crippen LogP contribution in [0.25, 0.3) is 11.1 Å². The van der Waals surface area contributed by atoms with E-state index in [4.69, 9.17) is 10.5 Å². The third-order valence-electron chi connectivity index (χ3n) is 2.73. The molecule has 0 spiro atoms. The molecule has 0 unspecified atom stereocenters. The standard InChI is InChI=1S/C14H17N3O2/c1-2-19-14(18)7-8-17-10-12(9-16-17)11-3-5-13(15)6-4-11/h3-6,9-10H,2,7-8,15H2,1H3. The van der Waals surface area contributed by atoms with Crippen molar-refractivity contribution in [3.63, 3.8) is 0 Å². The minimum absolute atomic E-state index is 0.202. The Bertz CT molecular complexity index is 546. The molecule has 0 aliphatic heterocycles. The lowest BCUT2D eigenvalue weighted by molar-refractivity contribution is -0.143. The van der Waals surface area contributed by atoms with Gasteiger partial charge in [-0.3, -0.25) is 9.48 Å². The quantitative estimate of drug-likeness (QED) is 0.659. The van der Waals surface area contributed by atoms with E-state index in [1.807, 2.05) is 30.5 Å². The Morgan fingerprint density at radius 1 is 1.32 bits per heavy atom. The summed E-state index contributed by atoms with van der Waals surface area (Å²) in [6.45, 7) is 2.73. The lowest BCUT2D eigenvalue weighted by Gasteiger charge is -2.01. The van der Waals surface area contributed by atoms with Gasteiger partial charge in [-0.1, -0.05) is 12.1 Å². The lowest BCUT2D eigenvalue weighted by Crippen LogP contribution is -2.09. The number of anilines is 1. The summed E-state index contributed by atoms with van der Waals surface area (Å²) in [5.74, 6) is -0.202. The number of esters is 1.